The minimum Gasteiger partial charge on any atom is -0.368 e. The maximum absolute atomic E-state index is 12.6. The molecule has 150 valence electrons. The predicted octanol–water partition coefficient (Wildman–Crippen LogP) is 2.41. The van der Waals surface area contributed by atoms with Crippen LogP contribution in [0.2, 0.25) is 0 Å². The van der Waals surface area contributed by atoms with Crippen LogP contribution >= 0.6 is 11.8 Å². The Labute approximate surface area is 174 Å². The summed E-state index contributed by atoms with van der Waals surface area (Å²) in [4.78, 5) is 16.9. The fourth-order valence-corrected chi connectivity index (χ4v) is 4.18. The van der Waals surface area contributed by atoms with Gasteiger partial charge in [0.15, 0.2) is 5.82 Å². The van der Waals surface area contributed by atoms with E-state index in [0.717, 1.165) is 31.7 Å². The first-order valence-electron chi connectivity index (χ1n) is 9.60. The van der Waals surface area contributed by atoms with E-state index in [-0.39, 0.29) is 5.91 Å². The van der Waals surface area contributed by atoms with Crippen molar-refractivity contribution < 1.29 is 4.79 Å². The van der Waals surface area contributed by atoms with Gasteiger partial charge in [0.2, 0.25) is 11.1 Å². The zero-order chi connectivity index (χ0) is 20.2. The number of hydrogen-bond donors (Lipinski definition) is 1. The summed E-state index contributed by atoms with van der Waals surface area (Å²) in [6, 6.07) is 18.1. The van der Waals surface area contributed by atoms with Crippen LogP contribution in [0.15, 0.2) is 59.8 Å². The molecule has 0 radical (unpaired) electrons. The summed E-state index contributed by atoms with van der Waals surface area (Å²) in [6.45, 7) is 5.21. The Morgan fingerprint density at radius 3 is 2.52 bits per heavy atom. The molecule has 2 N–H and O–H groups in total. The molecule has 1 fully saturated rings. The summed E-state index contributed by atoms with van der Waals surface area (Å²) in [5, 5.41) is 8.84. The minimum absolute atomic E-state index is 0.100. The number of aryl methyl sites for hydroxylation is 1. The maximum atomic E-state index is 12.6. The van der Waals surface area contributed by atoms with Gasteiger partial charge < -0.3 is 15.6 Å². The molecule has 1 aliphatic rings. The van der Waals surface area contributed by atoms with Crippen LogP contribution in [-0.4, -0.2) is 57.6 Å². The number of aromatic nitrogens is 3. The lowest BCUT2D eigenvalue weighted by molar-refractivity contribution is -0.128. The lowest BCUT2D eigenvalue weighted by Crippen LogP contribution is -2.49. The fraction of sp³-hybridized carbons (Fsp3) is 0.286. The maximum Gasteiger partial charge on any atom is 0.233 e. The highest BCUT2D eigenvalue weighted by molar-refractivity contribution is 7.99. The second kappa shape index (κ2) is 8.57. The number of rotatable bonds is 5. The number of nitrogens with zero attached hydrogens (tertiary/aromatic N) is 5. The van der Waals surface area contributed by atoms with Gasteiger partial charge in [0.25, 0.3) is 0 Å². The van der Waals surface area contributed by atoms with Crippen LogP contribution < -0.4 is 10.7 Å². The van der Waals surface area contributed by atoms with Crippen LogP contribution in [0.3, 0.4) is 0 Å². The van der Waals surface area contributed by atoms with Gasteiger partial charge in [-0.05, 0) is 24.6 Å². The minimum atomic E-state index is 0.100. The first-order chi connectivity index (χ1) is 14.1. The molecule has 4 rings (SSSR count). The smallest absolute Gasteiger partial charge is 0.233 e. The molecule has 7 nitrogen and oxygen atoms in total. The molecular weight excluding hydrogens is 384 g/mol. The second-order valence-electron chi connectivity index (χ2n) is 7.04. The molecule has 2 aromatic carbocycles. The van der Waals surface area contributed by atoms with Crippen molar-refractivity contribution in [1.29, 1.82) is 0 Å². The van der Waals surface area contributed by atoms with Crippen molar-refractivity contribution in [2.24, 2.45) is 0 Å². The van der Waals surface area contributed by atoms with Gasteiger partial charge in [-0.1, -0.05) is 54.2 Å². The van der Waals surface area contributed by atoms with E-state index in [1.54, 1.807) is 0 Å². The van der Waals surface area contributed by atoms with Crippen LogP contribution in [0.5, 0.6) is 0 Å². The van der Waals surface area contributed by atoms with E-state index in [1.165, 1.54) is 27.7 Å². The van der Waals surface area contributed by atoms with Gasteiger partial charge in [-0.25, -0.2) is 4.68 Å². The topological polar surface area (TPSA) is 80.3 Å². The lowest BCUT2D eigenvalue weighted by Gasteiger charge is -2.36. The highest BCUT2D eigenvalue weighted by Gasteiger charge is 2.22. The number of carbonyl (C=O) groups excluding carboxylic acids is 1. The Balaban J connectivity index is 1.31. The van der Waals surface area contributed by atoms with Crippen molar-refractivity contribution >= 4 is 23.4 Å². The zero-order valence-electron chi connectivity index (χ0n) is 16.4. The van der Waals surface area contributed by atoms with E-state index in [9.17, 15) is 4.79 Å². The molecule has 0 saturated carbocycles. The van der Waals surface area contributed by atoms with Gasteiger partial charge in [0, 0.05) is 37.4 Å². The molecule has 29 heavy (non-hydrogen) atoms. The first kappa shape index (κ1) is 19.3. The largest absolute Gasteiger partial charge is 0.368 e. The monoisotopic (exact) mass is 408 g/mol. The number of hydrogen-bond acceptors (Lipinski definition) is 6. The van der Waals surface area contributed by atoms with Gasteiger partial charge in [-0.15, -0.1) is 10.2 Å². The first-order valence-corrected chi connectivity index (χ1v) is 10.6. The number of anilines is 1. The van der Waals surface area contributed by atoms with Gasteiger partial charge in [-0.3, -0.25) is 4.79 Å². The molecule has 0 unspecified atom stereocenters. The van der Waals surface area contributed by atoms with Crippen LogP contribution in [-0.2, 0) is 4.79 Å². The van der Waals surface area contributed by atoms with E-state index >= 15 is 0 Å². The van der Waals surface area contributed by atoms with Crippen LogP contribution in [0.25, 0.3) is 11.4 Å². The third-order valence-corrected chi connectivity index (χ3v) is 5.95. The zero-order valence-corrected chi connectivity index (χ0v) is 17.2. The molecule has 1 aliphatic heterocycles. The van der Waals surface area contributed by atoms with Crippen LogP contribution in [0.1, 0.15) is 5.56 Å². The molecule has 0 spiro atoms. The molecule has 0 bridgehead atoms. The molecule has 1 amide bonds. The van der Waals surface area contributed by atoms with Crippen molar-refractivity contribution in [1.82, 2.24) is 19.8 Å². The standard InChI is InChI=1S/C21H24N6OS/c1-16-6-5-9-18(14-16)25-10-12-26(13-11-25)19(28)15-29-21-24-23-20(27(21)22)17-7-3-2-4-8-17/h2-9,14H,10-13,15,22H2,1H3. The van der Waals surface area contributed by atoms with Gasteiger partial charge in [-0.2, -0.15) is 0 Å². The molecule has 2 heterocycles. The number of benzene rings is 2. The quantitative estimate of drug-likeness (QED) is 0.516. The van der Waals surface area contributed by atoms with E-state index in [2.05, 4.69) is 46.3 Å². The Hall–Kier alpha value is -3.00. The average Bonchev–Trinajstić information content (AvgIpc) is 3.13. The van der Waals surface area contributed by atoms with E-state index in [4.69, 9.17) is 5.84 Å². The Morgan fingerprint density at radius 1 is 1.03 bits per heavy atom. The lowest BCUT2D eigenvalue weighted by atomic mass is 10.2. The Kier molecular flexibility index (Phi) is 5.71. The molecule has 1 saturated heterocycles. The van der Waals surface area contributed by atoms with Crippen LogP contribution in [0.4, 0.5) is 5.69 Å². The highest BCUT2D eigenvalue weighted by Crippen LogP contribution is 2.22. The number of nitrogen functional groups attached to an aromatic ring is 1. The highest BCUT2D eigenvalue weighted by atomic mass is 32.2. The van der Waals surface area contributed by atoms with Crippen molar-refractivity contribution in [3.8, 4) is 11.4 Å². The molecule has 0 aliphatic carbocycles. The third kappa shape index (κ3) is 4.37. The molecule has 8 heteroatoms. The second-order valence-corrected chi connectivity index (χ2v) is 7.98. The van der Waals surface area contributed by atoms with Gasteiger partial charge in [0.05, 0.1) is 5.75 Å². The fourth-order valence-electron chi connectivity index (χ4n) is 3.42. The number of amides is 1. The molecule has 0 atom stereocenters. The van der Waals surface area contributed by atoms with Crippen molar-refractivity contribution in [3.05, 3.63) is 60.2 Å². The van der Waals surface area contributed by atoms with Gasteiger partial charge in [0.1, 0.15) is 0 Å². The number of carbonyl (C=O) groups is 1. The molecule has 3 aromatic rings. The van der Waals surface area contributed by atoms with E-state index < -0.39 is 0 Å². The normalized spacial score (nSPS) is 14.2. The molecular formula is C21H24N6OS. The van der Waals surface area contributed by atoms with Gasteiger partial charge >= 0.3 is 0 Å². The Bertz CT molecular complexity index is 982. The number of thioether (sulfide) groups is 1. The SMILES string of the molecule is Cc1cccc(N2CCN(C(=O)CSc3nnc(-c4ccccc4)n3N)CC2)c1. The summed E-state index contributed by atoms with van der Waals surface area (Å²) >= 11 is 1.32. The number of nitrogens with two attached hydrogens (primary N) is 1. The van der Waals surface area contributed by atoms with E-state index in [1.807, 2.05) is 35.2 Å². The summed E-state index contributed by atoms with van der Waals surface area (Å²) in [5.41, 5.74) is 3.36. The Morgan fingerprint density at radius 2 is 1.79 bits per heavy atom. The van der Waals surface area contributed by atoms with Crippen molar-refractivity contribution in [3.63, 3.8) is 0 Å². The van der Waals surface area contributed by atoms with E-state index in [0.29, 0.717) is 16.7 Å². The summed E-state index contributed by atoms with van der Waals surface area (Å²) in [5.74, 6) is 7.12. The average molecular weight is 409 g/mol. The molecule has 1 aromatic heterocycles. The third-order valence-electron chi connectivity index (χ3n) is 5.02. The summed E-state index contributed by atoms with van der Waals surface area (Å²) < 4.78 is 1.45. The predicted molar refractivity (Wildman–Crippen MR) is 116 cm³/mol. The summed E-state index contributed by atoms with van der Waals surface area (Å²) in [7, 11) is 0. The van der Waals surface area contributed by atoms with Crippen LogP contribution in [0, 0.1) is 6.92 Å². The van der Waals surface area contributed by atoms with Crippen molar-refractivity contribution in [2.75, 3.05) is 42.7 Å². The van der Waals surface area contributed by atoms with Crippen molar-refractivity contribution in [2.45, 2.75) is 12.1 Å². The summed E-state index contributed by atoms with van der Waals surface area (Å²) in [6.07, 6.45) is 0. The number of piperazine rings is 1.